The van der Waals surface area contributed by atoms with Gasteiger partial charge in [-0.15, -0.1) is 0 Å². The summed E-state index contributed by atoms with van der Waals surface area (Å²) in [6.45, 7) is 4.20. The molecule has 0 aliphatic rings. The number of carboxylic acid groups (broad SMARTS) is 2. The molecular formula is C9H16O3. The Hall–Kier alpha value is -1.25. The first-order valence-corrected chi connectivity index (χ1v) is 3.84. The van der Waals surface area contributed by atoms with Crippen LogP contribution in [0.25, 0.3) is 0 Å². The Morgan fingerprint density at radius 1 is 1.33 bits per heavy atom. The van der Waals surface area contributed by atoms with Crippen molar-refractivity contribution in [3.63, 3.8) is 0 Å². The van der Waals surface area contributed by atoms with Crippen molar-refractivity contribution < 1.29 is 15.0 Å². The summed E-state index contributed by atoms with van der Waals surface area (Å²) in [6.07, 6.45) is 8.96. The number of carbonyl (C=O) groups is 1. The lowest BCUT2D eigenvalue weighted by molar-refractivity contribution is 0.137. The van der Waals surface area contributed by atoms with Gasteiger partial charge in [0, 0.05) is 0 Å². The summed E-state index contributed by atoms with van der Waals surface area (Å²) in [7, 11) is 0. The quantitative estimate of drug-likeness (QED) is 0.643. The average molecular weight is 172 g/mol. The van der Waals surface area contributed by atoms with E-state index in [4.69, 9.17) is 15.0 Å². The lowest BCUT2D eigenvalue weighted by atomic mass is 10.3. The van der Waals surface area contributed by atoms with E-state index >= 15 is 0 Å². The maximum atomic E-state index is 8.56. The van der Waals surface area contributed by atoms with Gasteiger partial charge in [0.15, 0.2) is 0 Å². The van der Waals surface area contributed by atoms with E-state index in [1.54, 1.807) is 0 Å². The van der Waals surface area contributed by atoms with Crippen molar-refractivity contribution in [2.75, 3.05) is 0 Å². The van der Waals surface area contributed by atoms with Crippen LogP contribution in [0.3, 0.4) is 0 Å². The van der Waals surface area contributed by atoms with Crippen LogP contribution in [0.15, 0.2) is 24.3 Å². The van der Waals surface area contributed by atoms with Gasteiger partial charge < -0.3 is 10.2 Å². The third-order valence-electron chi connectivity index (χ3n) is 0.895. The summed E-state index contributed by atoms with van der Waals surface area (Å²) in [5.41, 5.74) is 0. The lowest BCUT2D eigenvalue weighted by Crippen LogP contribution is -1.81. The minimum Gasteiger partial charge on any atom is -0.450 e. The van der Waals surface area contributed by atoms with E-state index in [1.807, 2.05) is 13.0 Å². The van der Waals surface area contributed by atoms with E-state index in [2.05, 4.69) is 25.2 Å². The molecule has 0 atom stereocenters. The van der Waals surface area contributed by atoms with E-state index < -0.39 is 6.16 Å². The van der Waals surface area contributed by atoms with E-state index in [1.165, 1.54) is 12.8 Å². The Morgan fingerprint density at radius 3 is 2.17 bits per heavy atom. The summed E-state index contributed by atoms with van der Waals surface area (Å²) in [5, 5.41) is 13.9. The second-order valence-electron chi connectivity index (χ2n) is 2.03. The fourth-order valence-corrected chi connectivity index (χ4v) is 0.453. The van der Waals surface area contributed by atoms with Gasteiger partial charge in [0.05, 0.1) is 0 Å². The molecule has 0 spiro atoms. The van der Waals surface area contributed by atoms with Gasteiger partial charge in [-0.2, -0.15) is 0 Å². The van der Waals surface area contributed by atoms with Crippen LogP contribution in [-0.2, 0) is 0 Å². The number of hydrogen-bond acceptors (Lipinski definition) is 1. The zero-order chi connectivity index (χ0) is 9.82. The minimum absolute atomic E-state index is 1.20. The Labute approximate surface area is 73.0 Å². The molecule has 0 aromatic carbocycles. The van der Waals surface area contributed by atoms with E-state index in [9.17, 15) is 0 Å². The lowest BCUT2D eigenvalue weighted by Gasteiger charge is -1.78. The van der Waals surface area contributed by atoms with Crippen LogP contribution in [0.1, 0.15) is 26.7 Å². The summed E-state index contributed by atoms with van der Waals surface area (Å²) in [4.78, 5) is 8.56. The number of rotatable bonds is 3. The molecule has 0 saturated carbocycles. The fraction of sp³-hybridized carbons (Fsp3) is 0.444. The maximum Gasteiger partial charge on any atom is 0.503 e. The Bertz CT molecular complexity index is 144. The molecule has 70 valence electrons. The predicted octanol–water partition coefficient (Wildman–Crippen LogP) is 3.14. The topological polar surface area (TPSA) is 57.5 Å². The van der Waals surface area contributed by atoms with Crippen LogP contribution in [0.4, 0.5) is 4.79 Å². The van der Waals surface area contributed by atoms with Crippen molar-refractivity contribution in [1.29, 1.82) is 0 Å². The first-order chi connectivity index (χ1) is 5.65. The first kappa shape index (κ1) is 13.3. The Morgan fingerprint density at radius 2 is 1.83 bits per heavy atom. The van der Waals surface area contributed by atoms with Crippen LogP contribution >= 0.6 is 0 Å². The molecule has 0 aliphatic heterocycles. The normalized spacial score (nSPS) is 9.83. The van der Waals surface area contributed by atoms with Gasteiger partial charge in [-0.25, -0.2) is 4.79 Å². The molecule has 0 aromatic heterocycles. The second kappa shape index (κ2) is 12.4. The molecule has 0 aromatic rings. The highest BCUT2D eigenvalue weighted by molar-refractivity contribution is 5.53. The molecular weight excluding hydrogens is 156 g/mol. The largest absolute Gasteiger partial charge is 0.503 e. The third kappa shape index (κ3) is 37.4. The molecule has 0 saturated heterocycles. The smallest absolute Gasteiger partial charge is 0.450 e. The van der Waals surface area contributed by atoms with Crippen molar-refractivity contribution >= 4 is 6.16 Å². The second-order valence-corrected chi connectivity index (χ2v) is 2.03. The Balaban J connectivity index is 0. The molecule has 0 amide bonds. The van der Waals surface area contributed by atoms with Gasteiger partial charge >= 0.3 is 6.16 Å². The van der Waals surface area contributed by atoms with Crippen molar-refractivity contribution in [2.24, 2.45) is 0 Å². The molecule has 0 unspecified atom stereocenters. The van der Waals surface area contributed by atoms with Crippen LogP contribution < -0.4 is 0 Å². The molecule has 0 bridgehead atoms. The van der Waals surface area contributed by atoms with E-state index in [0.717, 1.165) is 0 Å². The van der Waals surface area contributed by atoms with Gasteiger partial charge in [0.1, 0.15) is 0 Å². The van der Waals surface area contributed by atoms with Crippen LogP contribution in [0, 0.1) is 0 Å². The fourth-order valence-electron chi connectivity index (χ4n) is 0.453. The molecule has 0 fully saturated rings. The summed E-state index contributed by atoms with van der Waals surface area (Å²) >= 11 is 0. The number of allylic oxidation sites excluding steroid dienone is 4. The number of hydrogen-bond donors (Lipinski definition) is 2. The molecule has 0 aliphatic carbocycles. The monoisotopic (exact) mass is 172 g/mol. The van der Waals surface area contributed by atoms with Gasteiger partial charge in [-0.05, 0) is 13.3 Å². The molecule has 3 heteroatoms. The maximum absolute atomic E-state index is 8.56. The van der Waals surface area contributed by atoms with Crippen LogP contribution in [0.2, 0.25) is 0 Å². The SMILES string of the molecule is CC=CC=CCCC.O=C(O)O. The molecule has 0 heterocycles. The van der Waals surface area contributed by atoms with E-state index in [0.29, 0.717) is 0 Å². The summed E-state index contributed by atoms with van der Waals surface area (Å²) < 4.78 is 0. The zero-order valence-corrected chi connectivity index (χ0v) is 7.53. The highest BCUT2D eigenvalue weighted by Gasteiger charge is 1.70. The van der Waals surface area contributed by atoms with Gasteiger partial charge in [-0.1, -0.05) is 37.6 Å². The van der Waals surface area contributed by atoms with Crippen molar-refractivity contribution in [3.05, 3.63) is 24.3 Å². The molecule has 12 heavy (non-hydrogen) atoms. The van der Waals surface area contributed by atoms with Gasteiger partial charge in [0.2, 0.25) is 0 Å². The standard InChI is InChI=1S/C8H14.CH2O3/c1-3-5-7-8-6-4-2;2-1(3)4/h3,5,7-8H,4,6H2,1-2H3;(H2,2,3,4). The van der Waals surface area contributed by atoms with Gasteiger partial charge in [-0.3, -0.25) is 0 Å². The van der Waals surface area contributed by atoms with Crippen molar-refractivity contribution in [3.8, 4) is 0 Å². The molecule has 0 rings (SSSR count). The van der Waals surface area contributed by atoms with Crippen molar-refractivity contribution in [1.82, 2.24) is 0 Å². The minimum atomic E-state index is -1.83. The average Bonchev–Trinajstić information content (AvgIpc) is 1.97. The highest BCUT2D eigenvalue weighted by atomic mass is 16.6. The molecule has 2 N–H and O–H groups in total. The third-order valence-corrected chi connectivity index (χ3v) is 0.895. The van der Waals surface area contributed by atoms with Crippen LogP contribution in [0.5, 0.6) is 0 Å². The predicted molar refractivity (Wildman–Crippen MR) is 49.5 cm³/mol. The van der Waals surface area contributed by atoms with Gasteiger partial charge in [0.25, 0.3) is 0 Å². The first-order valence-electron chi connectivity index (χ1n) is 3.84. The summed E-state index contributed by atoms with van der Waals surface area (Å²) in [5.74, 6) is 0. The van der Waals surface area contributed by atoms with Crippen LogP contribution in [-0.4, -0.2) is 16.4 Å². The summed E-state index contributed by atoms with van der Waals surface area (Å²) in [6, 6.07) is 0. The zero-order valence-electron chi connectivity index (χ0n) is 7.53. The Kier molecular flexibility index (Phi) is 13.8. The molecule has 0 radical (unpaired) electrons. The van der Waals surface area contributed by atoms with Crippen molar-refractivity contribution in [2.45, 2.75) is 26.7 Å². The highest BCUT2D eigenvalue weighted by Crippen LogP contribution is 1.87. The number of unbranched alkanes of at least 4 members (excludes halogenated alkanes) is 1. The van der Waals surface area contributed by atoms with E-state index in [-0.39, 0.29) is 0 Å². The molecule has 3 nitrogen and oxygen atoms in total.